The van der Waals surface area contributed by atoms with Gasteiger partial charge >= 0.3 is 10.4 Å². The average Bonchev–Trinajstić information content (AvgIpc) is 3.16. The highest BCUT2D eigenvalue weighted by Crippen LogP contribution is 2.17. The summed E-state index contributed by atoms with van der Waals surface area (Å²) < 4.78 is 31.6. The zero-order valence-corrected chi connectivity index (χ0v) is 16.3. The molecule has 0 saturated heterocycles. The predicted molar refractivity (Wildman–Crippen MR) is 114 cm³/mol. The fourth-order valence-corrected chi connectivity index (χ4v) is 2.00. The Hall–Kier alpha value is -3.18. The Bertz CT molecular complexity index is 967. The Balaban J connectivity index is 0.000000269. The number of nitrogens with zero attached hydrogens (tertiary/aromatic N) is 1. The summed E-state index contributed by atoms with van der Waals surface area (Å²) in [4.78, 5) is 0. The maximum absolute atomic E-state index is 8.74. The van der Waals surface area contributed by atoms with Gasteiger partial charge in [-0.15, -0.1) is 0 Å². The molecule has 1 aromatic heterocycles. The summed E-state index contributed by atoms with van der Waals surface area (Å²) in [5.74, 6) is 0. The molecule has 10 heteroatoms. The Morgan fingerprint density at radius 2 is 1.55 bits per heavy atom. The predicted octanol–water partition coefficient (Wildman–Crippen LogP) is 2.31. The maximum atomic E-state index is 8.74. The summed E-state index contributed by atoms with van der Waals surface area (Å²) in [6.45, 7) is 0.183. The van der Waals surface area contributed by atoms with Gasteiger partial charge in [0.15, 0.2) is 0 Å². The molecule has 29 heavy (non-hydrogen) atoms. The van der Waals surface area contributed by atoms with Crippen molar-refractivity contribution < 1.29 is 22.6 Å². The third kappa shape index (κ3) is 12.0. The van der Waals surface area contributed by atoms with Crippen molar-refractivity contribution >= 4 is 33.9 Å². The second kappa shape index (κ2) is 12.3. The third-order valence-electron chi connectivity index (χ3n) is 3.32. The number of hydrogen-bond acceptors (Lipinski definition) is 6. The molecule has 3 aromatic rings. The van der Waals surface area contributed by atoms with Crippen LogP contribution in [0, 0.1) is 0 Å². The molecule has 0 atom stereocenters. The van der Waals surface area contributed by atoms with Crippen LogP contribution < -0.4 is 11.5 Å². The van der Waals surface area contributed by atoms with Crippen LogP contribution in [0.4, 0.5) is 11.4 Å². The molecule has 8 N–H and O–H groups in total. The zero-order chi connectivity index (χ0) is 21.7. The van der Waals surface area contributed by atoms with Gasteiger partial charge in [-0.3, -0.25) is 14.2 Å². The van der Waals surface area contributed by atoms with Gasteiger partial charge in [0.2, 0.25) is 0 Å². The number of H-pyrrole nitrogens is 1. The molecule has 0 amide bonds. The van der Waals surface area contributed by atoms with Crippen molar-refractivity contribution in [3.05, 3.63) is 77.6 Å². The lowest BCUT2D eigenvalue weighted by Gasteiger charge is -2.00. The minimum absolute atomic E-state index is 0.183. The molecule has 9 nitrogen and oxygen atoms in total. The first-order valence-electron chi connectivity index (χ1n) is 8.36. The van der Waals surface area contributed by atoms with Crippen molar-refractivity contribution in [1.82, 2.24) is 10.2 Å². The number of nitrogens with one attached hydrogen (secondary N) is 1. The molecule has 0 saturated carbocycles. The quantitative estimate of drug-likeness (QED) is 0.212. The summed E-state index contributed by atoms with van der Waals surface area (Å²) in [7, 11) is -4.67. The van der Waals surface area contributed by atoms with Gasteiger partial charge in [0, 0.05) is 24.9 Å². The van der Waals surface area contributed by atoms with Crippen molar-refractivity contribution in [3.8, 4) is 0 Å². The monoisotopic (exact) mass is 420 g/mol. The largest absolute Gasteiger partial charge is 0.397 e. The molecule has 0 spiro atoms. The van der Waals surface area contributed by atoms with Gasteiger partial charge in [0.05, 0.1) is 11.4 Å². The number of nitrogen functional groups attached to an aromatic ring is 2. The number of aliphatic hydroxyl groups excluding tert-OH is 1. The van der Waals surface area contributed by atoms with Crippen LogP contribution in [0.15, 0.2) is 60.8 Å². The number of aliphatic hydroxyl groups is 1. The lowest BCUT2D eigenvalue weighted by molar-refractivity contribution is 0.298. The molecule has 0 unspecified atom stereocenters. The first kappa shape index (κ1) is 23.9. The molecule has 0 bridgehead atoms. The van der Waals surface area contributed by atoms with Crippen LogP contribution in [0.1, 0.15) is 16.8 Å². The SMILES string of the molecule is Nc1ccc(C=Cc2ccccc2)cc1N.O=S(=O)(O)O.OCCc1ccn[nH]1. The fourth-order valence-electron chi connectivity index (χ4n) is 2.00. The van der Waals surface area contributed by atoms with E-state index in [1.165, 1.54) is 0 Å². The summed E-state index contributed by atoms with van der Waals surface area (Å²) >= 11 is 0. The third-order valence-corrected chi connectivity index (χ3v) is 3.32. The van der Waals surface area contributed by atoms with Crippen molar-refractivity contribution in [2.75, 3.05) is 18.1 Å². The van der Waals surface area contributed by atoms with Crippen LogP contribution in [0.3, 0.4) is 0 Å². The molecule has 3 rings (SSSR count). The minimum atomic E-state index is -4.67. The second-order valence-electron chi connectivity index (χ2n) is 5.64. The van der Waals surface area contributed by atoms with Crippen LogP contribution in [-0.4, -0.2) is 39.4 Å². The van der Waals surface area contributed by atoms with Crippen molar-refractivity contribution in [2.24, 2.45) is 0 Å². The lowest BCUT2D eigenvalue weighted by atomic mass is 10.1. The second-order valence-corrected chi connectivity index (χ2v) is 6.53. The van der Waals surface area contributed by atoms with E-state index in [0.29, 0.717) is 17.8 Å². The number of anilines is 2. The highest BCUT2D eigenvalue weighted by Gasteiger charge is 1.94. The van der Waals surface area contributed by atoms with Crippen LogP contribution in [-0.2, 0) is 16.8 Å². The Labute approximate surface area is 169 Å². The normalized spacial score (nSPS) is 10.6. The van der Waals surface area contributed by atoms with Crippen molar-refractivity contribution in [3.63, 3.8) is 0 Å². The summed E-state index contributed by atoms with van der Waals surface area (Å²) in [6, 6.07) is 17.6. The first-order chi connectivity index (χ1) is 13.7. The maximum Gasteiger partial charge on any atom is 0.394 e. The minimum Gasteiger partial charge on any atom is -0.397 e. The van der Waals surface area contributed by atoms with Crippen LogP contribution in [0.5, 0.6) is 0 Å². The topological polar surface area (TPSA) is 176 Å². The highest BCUT2D eigenvalue weighted by atomic mass is 32.3. The van der Waals surface area contributed by atoms with E-state index < -0.39 is 10.4 Å². The van der Waals surface area contributed by atoms with Gasteiger partial charge < -0.3 is 16.6 Å². The van der Waals surface area contributed by atoms with Gasteiger partial charge in [-0.2, -0.15) is 13.5 Å². The van der Waals surface area contributed by atoms with E-state index in [0.717, 1.165) is 16.8 Å². The van der Waals surface area contributed by atoms with Crippen LogP contribution in [0.25, 0.3) is 12.2 Å². The Morgan fingerprint density at radius 3 is 2.07 bits per heavy atom. The summed E-state index contributed by atoms with van der Waals surface area (Å²) in [5, 5.41) is 14.8. The highest BCUT2D eigenvalue weighted by molar-refractivity contribution is 7.79. The fraction of sp³-hybridized carbons (Fsp3) is 0.105. The molecule has 0 radical (unpaired) electrons. The van der Waals surface area contributed by atoms with E-state index >= 15 is 0 Å². The molecule has 2 aromatic carbocycles. The number of hydrogen-bond donors (Lipinski definition) is 6. The van der Waals surface area contributed by atoms with E-state index in [2.05, 4.69) is 22.3 Å². The molecular weight excluding hydrogens is 396 g/mol. The Morgan fingerprint density at radius 1 is 0.931 bits per heavy atom. The number of nitrogens with two attached hydrogens (primary N) is 2. The van der Waals surface area contributed by atoms with Gasteiger partial charge in [-0.1, -0.05) is 48.6 Å². The van der Waals surface area contributed by atoms with Gasteiger partial charge in [-0.25, -0.2) is 0 Å². The van der Waals surface area contributed by atoms with Crippen molar-refractivity contribution in [1.29, 1.82) is 0 Å². The van der Waals surface area contributed by atoms with E-state index in [-0.39, 0.29) is 6.61 Å². The van der Waals surface area contributed by atoms with E-state index in [4.69, 9.17) is 34.1 Å². The van der Waals surface area contributed by atoms with Gasteiger partial charge in [0.1, 0.15) is 0 Å². The molecular formula is C19H24N4O5S. The van der Waals surface area contributed by atoms with E-state index in [1.54, 1.807) is 6.20 Å². The van der Waals surface area contributed by atoms with Crippen LogP contribution in [0.2, 0.25) is 0 Å². The molecule has 0 fully saturated rings. The molecule has 0 aliphatic rings. The van der Waals surface area contributed by atoms with Gasteiger partial charge in [0.25, 0.3) is 0 Å². The molecule has 0 aliphatic heterocycles. The first-order valence-corrected chi connectivity index (χ1v) is 9.76. The Kier molecular flexibility index (Phi) is 10.1. The zero-order valence-electron chi connectivity index (χ0n) is 15.5. The standard InChI is InChI=1S/C14H14N2.C5H8N2O.H2O4S/c15-13-9-8-12(10-14(13)16)7-6-11-4-2-1-3-5-11;8-4-2-5-1-3-6-7-5;1-5(2,3)4/h1-10H,15-16H2;1,3,8H,2,4H2,(H,6,7);(H2,1,2,3,4). The molecule has 0 aliphatic carbocycles. The average molecular weight is 420 g/mol. The number of rotatable bonds is 4. The van der Waals surface area contributed by atoms with E-state index in [9.17, 15) is 0 Å². The van der Waals surface area contributed by atoms with E-state index in [1.807, 2.05) is 54.6 Å². The lowest BCUT2D eigenvalue weighted by Crippen LogP contribution is -1.93. The summed E-state index contributed by atoms with van der Waals surface area (Å²) in [5.41, 5.74) is 15.8. The number of aromatic amines is 1. The number of benzene rings is 2. The van der Waals surface area contributed by atoms with Crippen LogP contribution >= 0.6 is 0 Å². The molecule has 156 valence electrons. The molecule has 1 heterocycles. The smallest absolute Gasteiger partial charge is 0.394 e. The summed E-state index contributed by atoms with van der Waals surface area (Å²) in [6.07, 6.45) is 6.40. The number of aromatic nitrogens is 2. The van der Waals surface area contributed by atoms with Gasteiger partial charge in [-0.05, 0) is 29.3 Å². The van der Waals surface area contributed by atoms with Crippen molar-refractivity contribution in [2.45, 2.75) is 6.42 Å².